The quantitative estimate of drug-likeness (QED) is 0.264. The molecule has 1 amide bonds. The summed E-state index contributed by atoms with van der Waals surface area (Å²) >= 11 is 7.42. The molecule has 1 N–H and O–H groups in total. The highest BCUT2D eigenvalue weighted by molar-refractivity contribution is 7.99. The fraction of sp³-hybridized carbons (Fsp3) is 0.444. The van der Waals surface area contributed by atoms with Crippen LogP contribution < -0.4 is 5.32 Å². The Morgan fingerprint density at radius 2 is 2.00 bits per heavy atom. The molecule has 0 bridgehead atoms. The highest BCUT2D eigenvalue weighted by atomic mass is 35.5. The summed E-state index contributed by atoms with van der Waals surface area (Å²) in [6, 6.07) is 7.42. The number of alkyl carbamates (subject to hydrolysis) is 1. The van der Waals surface area contributed by atoms with Crippen molar-refractivity contribution < 1.29 is 23.8 Å². The first-order valence-electron chi connectivity index (χ1n) is 8.14. The molecule has 144 valence electrons. The first kappa shape index (κ1) is 22.3. The van der Waals surface area contributed by atoms with Crippen LogP contribution in [0.25, 0.3) is 0 Å². The van der Waals surface area contributed by atoms with Gasteiger partial charge in [0.25, 0.3) is 0 Å². The molecule has 1 aromatic rings. The average Bonchev–Trinajstić information content (AvgIpc) is 2.62. The van der Waals surface area contributed by atoms with Crippen molar-refractivity contribution in [1.82, 2.24) is 5.32 Å². The van der Waals surface area contributed by atoms with Gasteiger partial charge in [0, 0.05) is 21.7 Å². The van der Waals surface area contributed by atoms with Crippen LogP contribution in [0.4, 0.5) is 4.79 Å². The maximum atomic E-state index is 11.9. The summed E-state index contributed by atoms with van der Waals surface area (Å²) in [6.07, 6.45) is 0.0801. The van der Waals surface area contributed by atoms with E-state index < -0.39 is 18.2 Å². The normalized spacial score (nSPS) is 11.7. The van der Waals surface area contributed by atoms with E-state index in [9.17, 15) is 9.59 Å². The molecule has 0 fully saturated rings. The molecule has 0 aliphatic rings. The van der Waals surface area contributed by atoms with Crippen LogP contribution >= 0.6 is 23.4 Å². The Balaban J connectivity index is 2.43. The van der Waals surface area contributed by atoms with Gasteiger partial charge < -0.3 is 19.5 Å². The molecule has 0 saturated carbocycles. The lowest BCUT2D eigenvalue weighted by atomic mass is 10.4. The zero-order valence-electron chi connectivity index (χ0n) is 14.9. The number of hydrogen-bond acceptors (Lipinski definition) is 6. The van der Waals surface area contributed by atoms with E-state index in [2.05, 4.69) is 11.9 Å². The Bertz CT molecular complexity index is 579. The van der Waals surface area contributed by atoms with Crippen molar-refractivity contribution in [2.45, 2.75) is 31.0 Å². The second-order valence-corrected chi connectivity index (χ2v) is 7.00. The molecular weight excluding hydrogens is 378 g/mol. The predicted molar refractivity (Wildman–Crippen MR) is 103 cm³/mol. The van der Waals surface area contributed by atoms with E-state index >= 15 is 0 Å². The lowest BCUT2D eigenvalue weighted by Gasteiger charge is -2.19. The highest BCUT2D eigenvalue weighted by Crippen LogP contribution is 2.22. The Labute approximate surface area is 163 Å². The average molecular weight is 402 g/mol. The van der Waals surface area contributed by atoms with Crippen LogP contribution in [0.1, 0.15) is 13.8 Å². The molecule has 6 nitrogen and oxygen atoms in total. The van der Waals surface area contributed by atoms with E-state index in [1.807, 2.05) is 38.1 Å². The Morgan fingerprint density at radius 3 is 2.62 bits per heavy atom. The van der Waals surface area contributed by atoms with Gasteiger partial charge in [0.15, 0.2) is 0 Å². The molecule has 0 radical (unpaired) electrons. The molecule has 26 heavy (non-hydrogen) atoms. The van der Waals surface area contributed by atoms with E-state index in [0.717, 1.165) is 11.0 Å². The van der Waals surface area contributed by atoms with Gasteiger partial charge in [-0.2, -0.15) is 0 Å². The van der Waals surface area contributed by atoms with E-state index in [4.69, 9.17) is 25.8 Å². The number of halogens is 1. The molecule has 0 aliphatic heterocycles. The second-order valence-electron chi connectivity index (χ2n) is 5.47. The molecule has 8 heteroatoms. The van der Waals surface area contributed by atoms with Crippen molar-refractivity contribution in [3.8, 4) is 0 Å². The molecule has 1 unspecified atom stereocenters. The van der Waals surface area contributed by atoms with E-state index in [0.29, 0.717) is 10.8 Å². The number of hydrogen-bond donors (Lipinski definition) is 1. The van der Waals surface area contributed by atoms with Gasteiger partial charge in [-0.1, -0.05) is 18.2 Å². The summed E-state index contributed by atoms with van der Waals surface area (Å²) in [6.45, 7) is 7.61. The summed E-state index contributed by atoms with van der Waals surface area (Å²) in [5.41, 5.74) is 0. The van der Waals surface area contributed by atoms with Crippen molar-refractivity contribution in [2.75, 3.05) is 25.5 Å². The van der Waals surface area contributed by atoms with E-state index in [1.165, 1.54) is 0 Å². The SMILES string of the molecule is C=CC(=O)OCCNC(=O)OC(COC(C)C)CSc1ccc(Cl)cc1. The van der Waals surface area contributed by atoms with Crippen LogP contribution in [0.2, 0.25) is 5.02 Å². The summed E-state index contributed by atoms with van der Waals surface area (Å²) < 4.78 is 15.7. The molecule has 1 atom stereocenters. The molecule has 0 heterocycles. The Hall–Kier alpha value is -1.70. The number of ether oxygens (including phenoxy) is 3. The van der Waals surface area contributed by atoms with Crippen LogP contribution in [0.15, 0.2) is 41.8 Å². The summed E-state index contributed by atoms with van der Waals surface area (Å²) in [4.78, 5) is 23.8. The number of rotatable bonds is 11. The van der Waals surface area contributed by atoms with Gasteiger partial charge >= 0.3 is 12.1 Å². The van der Waals surface area contributed by atoms with Gasteiger partial charge in [-0.05, 0) is 38.1 Å². The minimum atomic E-state index is -0.589. The molecule has 1 rings (SSSR count). The van der Waals surface area contributed by atoms with Gasteiger partial charge in [-0.15, -0.1) is 11.8 Å². The number of carbonyl (C=O) groups excluding carboxylic acids is 2. The number of esters is 1. The molecule has 0 spiro atoms. The molecule has 0 saturated heterocycles. The number of benzene rings is 1. The first-order valence-corrected chi connectivity index (χ1v) is 9.50. The third kappa shape index (κ3) is 10.3. The van der Waals surface area contributed by atoms with E-state index in [1.54, 1.807) is 11.8 Å². The first-order chi connectivity index (χ1) is 12.4. The minimum Gasteiger partial charge on any atom is -0.461 e. The maximum absolute atomic E-state index is 11.9. The highest BCUT2D eigenvalue weighted by Gasteiger charge is 2.16. The van der Waals surface area contributed by atoms with Crippen LogP contribution in [-0.4, -0.2) is 49.8 Å². The standard InChI is InChI=1S/C18H24ClNO5S/c1-4-17(21)23-10-9-20-18(22)25-15(11-24-13(2)3)12-26-16-7-5-14(19)6-8-16/h4-8,13,15H,1,9-12H2,2-3H3,(H,20,22). The van der Waals surface area contributed by atoms with Crippen LogP contribution in [-0.2, 0) is 19.0 Å². The Kier molecular flexibility index (Phi) is 10.8. The van der Waals surface area contributed by atoms with Crippen LogP contribution in [0, 0.1) is 0 Å². The van der Waals surface area contributed by atoms with Gasteiger partial charge in [0.1, 0.15) is 12.7 Å². The molecule has 0 aromatic heterocycles. The van der Waals surface area contributed by atoms with Gasteiger partial charge in [-0.25, -0.2) is 9.59 Å². The molecular formula is C18H24ClNO5S. The summed E-state index contributed by atoms with van der Waals surface area (Å²) in [7, 11) is 0. The maximum Gasteiger partial charge on any atom is 0.407 e. The van der Waals surface area contributed by atoms with Crippen molar-refractivity contribution in [1.29, 1.82) is 0 Å². The number of thioether (sulfide) groups is 1. The third-order valence-electron chi connectivity index (χ3n) is 2.92. The Morgan fingerprint density at radius 1 is 1.31 bits per heavy atom. The topological polar surface area (TPSA) is 73.9 Å². The lowest BCUT2D eigenvalue weighted by Crippen LogP contribution is -2.35. The van der Waals surface area contributed by atoms with Crippen LogP contribution in [0.5, 0.6) is 0 Å². The van der Waals surface area contributed by atoms with Crippen molar-refractivity contribution >= 4 is 35.4 Å². The van der Waals surface area contributed by atoms with Crippen LogP contribution in [0.3, 0.4) is 0 Å². The minimum absolute atomic E-state index is 0.0306. The van der Waals surface area contributed by atoms with Gasteiger partial charge in [0.05, 0.1) is 19.3 Å². The smallest absolute Gasteiger partial charge is 0.407 e. The fourth-order valence-corrected chi connectivity index (χ4v) is 2.69. The van der Waals surface area contributed by atoms with Crippen molar-refractivity contribution in [2.24, 2.45) is 0 Å². The van der Waals surface area contributed by atoms with Crippen molar-refractivity contribution in [3.05, 3.63) is 41.9 Å². The van der Waals surface area contributed by atoms with Crippen molar-refractivity contribution in [3.63, 3.8) is 0 Å². The van der Waals surface area contributed by atoms with Gasteiger partial charge in [-0.3, -0.25) is 0 Å². The van der Waals surface area contributed by atoms with Gasteiger partial charge in [0.2, 0.25) is 0 Å². The molecule has 0 aliphatic carbocycles. The monoisotopic (exact) mass is 401 g/mol. The predicted octanol–water partition coefficient (Wildman–Crippen LogP) is 3.68. The lowest BCUT2D eigenvalue weighted by molar-refractivity contribution is -0.137. The third-order valence-corrected chi connectivity index (χ3v) is 4.32. The van der Waals surface area contributed by atoms with E-state index in [-0.39, 0.29) is 25.9 Å². The largest absolute Gasteiger partial charge is 0.461 e. The molecule has 1 aromatic carbocycles. The fourth-order valence-electron chi connectivity index (χ4n) is 1.69. The summed E-state index contributed by atoms with van der Waals surface area (Å²) in [5, 5.41) is 3.20. The zero-order chi connectivity index (χ0) is 19.4. The second kappa shape index (κ2) is 12.6. The number of carbonyl (C=O) groups is 2. The number of amides is 1. The number of nitrogens with one attached hydrogen (secondary N) is 1. The zero-order valence-corrected chi connectivity index (χ0v) is 16.5. The summed E-state index contributed by atoms with van der Waals surface area (Å²) in [5.74, 6) is -0.00419.